The third-order valence-electron chi connectivity index (χ3n) is 1.89. The van der Waals surface area contributed by atoms with E-state index >= 15 is 0 Å². The molecule has 7 nitrogen and oxygen atoms in total. The molecular formula is C8H11N3O4. The maximum Gasteiger partial charge on any atom is 0.346 e. The van der Waals surface area contributed by atoms with Gasteiger partial charge in [-0.1, -0.05) is 0 Å². The lowest BCUT2D eigenvalue weighted by Gasteiger charge is -2.11. The number of aromatic amines is 1. The summed E-state index contributed by atoms with van der Waals surface area (Å²) in [5.41, 5.74) is -0.433. The summed E-state index contributed by atoms with van der Waals surface area (Å²) in [6, 6.07) is 1.61. The van der Waals surface area contributed by atoms with Gasteiger partial charge in [-0.3, -0.25) is 4.98 Å². The number of H-pyrrole nitrogens is 1. The van der Waals surface area contributed by atoms with Gasteiger partial charge in [-0.15, -0.1) is 0 Å². The fraction of sp³-hybridized carbons (Fsp3) is 0.500. The predicted molar refractivity (Wildman–Crippen MR) is 50.2 cm³/mol. The minimum absolute atomic E-state index is 0.189. The summed E-state index contributed by atoms with van der Waals surface area (Å²) in [5, 5.41) is 11.6. The van der Waals surface area contributed by atoms with Crippen LogP contribution < -0.4 is 11.0 Å². The van der Waals surface area contributed by atoms with Gasteiger partial charge in [-0.25, -0.2) is 9.78 Å². The number of nitrogens with one attached hydrogen (secondary N) is 2. The van der Waals surface area contributed by atoms with Crippen LogP contribution in [0, 0.1) is 0 Å². The Hall–Kier alpha value is -1.44. The molecule has 15 heavy (non-hydrogen) atoms. The molecule has 7 heteroatoms. The third-order valence-corrected chi connectivity index (χ3v) is 1.89. The number of rotatable bonds is 3. The highest BCUT2D eigenvalue weighted by atomic mass is 16.7. The van der Waals surface area contributed by atoms with Crippen molar-refractivity contribution in [2.24, 2.45) is 0 Å². The number of hydrogen-bond acceptors (Lipinski definition) is 6. The summed E-state index contributed by atoms with van der Waals surface area (Å²) >= 11 is 0. The van der Waals surface area contributed by atoms with E-state index < -0.39 is 12.0 Å². The van der Waals surface area contributed by atoms with Gasteiger partial charge in [0.05, 0.1) is 13.2 Å². The minimum Gasteiger partial charge on any atom is -0.391 e. The number of anilines is 1. The second-order valence-electron chi connectivity index (χ2n) is 3.00. The van der Waals surface area contributed by atoms with Gasteiger partial charge in [-0.05, 0) is 6.07 Å². The second kappa shape index (κ2) is 4.39. The number of hydrogen-bond donors (Lipinski definition) is 3. The molecule has 0 aromatic carbocycles. The number of nitrogens with zero attached hydrogens (tertiary/aromatic N) is 1. The van der Waals surface area contributed by atoms with E-state index in [1.807, 2.05) is 0 Å². The van der Waals surface area contributed by atoms with Crippen molar-refractivity contribution >= 4 is 5.82 Å². The summed E-state index contributed by atoms with van der Waals surface area (Å²) in [4.78, 5) is 16.8. The molecule has 0 aliphatic carbocycles. The Labute approximate surface area is 85.1 Å². The van der Waals surface area contributed by atoms with Crippen LogP contribution in [0.4, 0.5) is 5.82 Å². The molecule has 3 N–H and O–H groups in total. The van der Waals surface area contributed by atoms with Gasteiger partial charge in [0, 0.05) is 6.20 Å². The Morgan fingerprint density at radius 2 is 2.60 bits per heavy atom. The molecule has 1 aromatic heterocycles. The van der Waals surface area contributed by atoms with Crippen LogP contribution in [-0.4, -0.2) is 40.8 Å². The van der Waals surface area contributed by atoms with Gasteiger partial charge in [0.25, 0.3) is 0 Å². The second-order valence-corrected chi connectivity index (χ2v) is 3.00. The van der Waals surface area contributed by atoms with Crippen LogP contribution in [-0.2, 0) is 9.47 Å². The van der Waals surface area contributed by atoms with Crippen molar-refractivity contribution < 1.29 is 14.6 Å². The molecule has 2 unspecified atom stereocenters. The Kier molecular flexibility index (Phi) is 2.95. The molecule has 1 aliphatic rings. The zero-order valence-corrected chi connectivity index (χ0v) is 7.84. The topological polar surface area (TPSA) is 96.5 Å². The number of aliphatic hydroxyl groups excluding tert-OH is 1. The SMILES string of the molecule is O=c1nccc(NC2COC(CO)O2)[nH]1. The van der Waals surface area contributed by atoms with Crippen LogP contribution >= 0.6 is 0 Å². The molecule has 0 saturated carbocycles. The lowest BCUT2D eigenvalue weighted by molar-refractivity contribution is -0.0842. The van der Waals surface area contributed by atoms with E-state index in [0.717, 1.165) is 0 Å². The van der Waals surface area contributed by atoms with E-state index in [1.165, 1.54) is 6.20 Å². The molecule has 0 spiro atoms. The van der Waals surface area contributed by atoms with Crippen molar-refractivity contribution in [3.05, 3.63) is 22.7 Å². The van der Waals surface area contributed by atoms with Crippen LogP contribution in [0.15, 0.2) is 17.1 Å². The molecular weight excluding hydrogens is 202 g/mol. The van der Waals surface area contributed by atoms with Crippen LogP contribution in [0.2, 0.25) is 0 Å². The summed E-state index contributed by atoms with van der Waals surface area (Å²) < 4.78 is 10.3. The van der Waals surface area contributed by atoms with Crippen LogP contribution in [0.25, 0.3) is 0 Å². The molecule has 2 atom stereocenters. The Bertz CT molecular complexity index is 380. The average molecular weight is 213 g/mol. The van der Waals surface area contributed by atoms with Crippen LogP contribution in [0.1, 0.15) is 0 Å². The monoisotopic (exact) mass is 213 g/mol. The molecule has 1 saturated heterocycles. The molecule has 2 heterocycles. The number of aromatic nitrogens is 2. The molecule has 1 aromatic rings. The summed E-state index contributed by atoms with van der Waals surface area (Å²) in [7, 11) is 0. The molecule has 2 rings (SSSR count). The highest BCUT2D eigenvalue weighted by Crippen LogP contribution is 2.12. The van der Waals surface area contributed by atoms with Crippen LogP contribution in [0.5, 0.6) is 0 Å². The van der Waals surface area contributed by atoms with Crippen molar-refractivity contribution in [1.29, 1.82) is 0 Å². The van der Waals surface area contributed by atoms with Gasteiger partial charge >= 0.3 is 5.69 Å². The Morgan fingerprint density at radius 1 is 1.73 bits per heavy atom. The van der Waals surface area contributed by atoms with Crippen molar-refractivity contribution in [3.8, 4) is 0 Å². The number of aliphatic hydroxyl groups is 1. The summed E-state index contributed by atoms with van der Waals surface area (Å²) in [5.74, 6) is 0.502. The molecule has 1 aliphatic heterocycles. The van der Waals surface area contributed by atoms with Gasteiger partial charge in [0.2, 0.25) is 0 Å². The molecule has 1 fully saturated rings. The smallest absolute Gasteiger partial charge is 0.346 e. The third kappa shape index (κ3) is 2.52. The van der Waals surface area contributed by atoms with E-state index in [1.54, 1.807) is 6.07 Å². The zero-order valence-electron chi connectivity index (χ0n) is 7.84. The van der Waals surface area contributed by atoms with Gasteiger partial charge in [-0.2, -0.15) is 0 Å². The molecule has 0 radical (unpaired) electrons. The number of ether oxygens (including phenoxy) is 2. The molecule has 0 bridgehead atoms. The highest BCUT2D eigenvalue weighted by Gasteiger charge is 2.25. The first-order valence-electron chi connectivity index (χ1n) is 4.48. The van der Waals surface area contributed by atoms with E-state index in [9.17, 15) is 4.79 Å². The fourth-order valence-corrected chi connectivity index (χ4v) is 1.25. The maximum atomic E-state index is 10.9. The van der Waals surface area contributed by atoms with E-state index in [2.05, 4.69) is 15.3 Å². The average Bonchev–Trinajstić information content (AvgIpc) is 2.65. The largest absolute Gasteiger partial charge is 0.391 e. The fourth-order valence-electron chi connectivity index (χ4n) is 1.25. The first-order chi connectivity index (χ1) is 7.28. The van der Waals surface area contributed by atoms with Gasteiger partial charge in [0.15, 0.2) is 12.5 Å². The maximum absolute atomic E-state index is 10.9. The summed E-state index contributed by atoms with van der Waals surface area (Å²) in [6.45, 7) is 0.126. The zero-order chi connectivity index (χ0) is 10.7. The highest BCUT2D eigenvalue weighted by molar-refractivity contribution is 5.32. The van der Waals surface area contributed by atoms with Gasteiger partial charge in [0.1, 0.15) is 5.82 Å². The van der Waals surface area contributed by atoms with E-state index in [4.69, 9.17) is 14.6 Å². The molecule has 0 amide bonds. The Morgan fingerprint density at radius 3 is 3.27 bits per heavy atom. The van der Waals surface area contributed by atoms with E-state index in [-0.39, 0.29) is 12.8 Å². The normalized spacial score (nSPS) is 25.4. The van der Waals surface area contributed by atoms with Crippen molar-refractivity contribution in [3.63, 3.8) is 0 Å². The van der Waals surface area contributed by atoms with Crippen molar-refractivity contribution in [2.45, 2.75) is 12.5 Å². The molecule has 82 valence electrons. The van der Waals surface area contributed by atoms with Crippen molar-refractivity contribution in [1.82, 2.24) is 9.97 Å². The van der Waals surface area contributed by atoms with E-state index in [0.29, 0.717) is 12.4 Å². The predicted octanol–water partition coefficient (Wildman–Crippen LogP) is -1.13. The van der Waals surface area contributed by atoms with Gasteiger partial charge < -0.3 is 19.9 Å². The van der Waals surface area contributed by atoms with Crippen molar-refractivity contribution in [2.75, 3.05) is 18.5 Å². The first-order valence-corrected chi connectivity index (χ1v) is 4.48. The lowest BCUT2D eigenvalue weighted by Crippen LogP contribution is -2.25. The quantitative estimate of drug-likeness (QED) is 0.588. The lowest BCUT2D eigenvalue weighted by atomic mass is 10.5. The standard InChI is InChI=1S/C8H11N3O4/c12-3-7-14-4-6(15-7)10-5-1-2-9-8(13)11-5/h1-2,6-7,12H,3-4H2,(H2,9,10,11,13). The van der Waals surface area contributed by atoms with Crippen LogP contribution in [0.3, 0.4) is 0 Å². The Balaban J connectivity index is 1.95. The summed E-state index contributed by atoms with van der Waals surface area (Å²) in [6.07, 6.45) is 0.414. The minimum atomic E-state index is -0.601. The first kappa shape index (κ1) is 10.1.